The van der Waals surface area contributed by atoms with Crippen LogP contribution in [-0.4, -0.2) is 19.3 Å². The topological polar surface area (TPSA) is 38.7 Å². The molecular formula is C16H17FO3. The van der Waals surface area contributed by atoms with E-state index in [2.05, 4.69) is 0 Å². The van der Waals surface area contributed by atoms with Gasteiger partial charge in [0.2, 0.25) is 0 Å². The number of aryl methyl sites for hydroxylation is 1. The lowest BCUT2D eigenvalue weighted by Gasteiger charge is -2.18. The Kier molecular flexibility index (Phi) is 4.25. The lowest BCUT2D eigenvalue weighted by atomic mass is 9.96. The van der Waals surface area contributed by atoms with Gasteiger partial charge in [0.25, 0.3) is 0 Å². The Hall–Kier alpha value is -2.07. The van der Waals surface area contributed by atoms with E-state index in [1.165, 1.54) is 19.2 Å². The number of methoxy groups -OCH3 is 2. The van der Waals surface area contributed by atoms with Gasteiger partial charge in [-0.25, -0.2) is 4.39 Å². The van der Waals surface area contributed by atoms with E-state index < -0.39 is 6.10 Å². The van der Waals surface area contributed by atoms with Gasteiger partial charge in [0.05, 0.1) is 14.2 Å². The zero-order chi connectivity index (χ0) is 14.7. The molecule has 3 nitrogen and oxygen atoms in total. The number of aliphatic hydroxyl groups excluding tert-OH is 1. The zero-order valence-corrected chi connectivity index (χ0v) is 11.7. The van der Waals surface area contributed by atoms with E-state index in [1.54, 1.807) is 31.4 Å². The van der Waals surface area contributed by atoms with Gasteiger partial charge in [-0.15, -0.1) is 0 Å². The molecule has 1 unspecified atom stereocenters. The maximum Gasteiger partial charge on any atom is 0.125 e. The maximum atomic E-state index is 13.4. The molecule has 0 amide bonds. The molecule has 0 aromatic heterocycles. The summed E-state index contributed by atoms with van der Waals surface area (Å²) in [6.07, 6.45) is -0.976. The molecule has 0 fully saturated rings. The summed E-state index contributed by atoms with van der Waals surface area (Å²) in [5.74, 6) is 0.752. The van der Waals surface area contributed by atoms with Gasteiger partial charge in [0.15, 0.2) is 0 Å². The standard InChI is InChI=1S/C16H17FO3/c1-10-4-5-11(17)8-13(10)16(18)14-9-12(19-2)6-7-15(14)20-3/h4-9,16,18H,1-3H3. The fraction of sp³-hybridized carbons (Fsp3) is 0.250. The Morgan fingerprint density at radius 3 is 2.40 bits per heavy atom. The molecule has 106 valence electrons. The van der Waals surface area contributed by atoms with Crippen LogP contribution < -0.4 is 9.47 Å². The van der Waals surface area contributed by atoms with Crippen molar-refractivity contribution >= 4 is 0 Å². The molecule has 0 heterocycles. The van der Waals surface area contributed by atoms with Crippen LogP contribution in [0.25, 0.3) is 0 Å². The highest BCUT2D eigenvalue weighted by Gasteiger charge is 2.18. The van der Waals surface area contributed by atoms with Gasteiger partial charge in [-0.1, -0.05) is 6.07 Å². The van der Waals surface area contributed by atoms with Gasteiger partial charge < -0.3 is 14.6 Å². The zero-order valence-electron chi connectivity index (χ0n) is 11.7. The Balaban J connectivity index is 2.51. The Morgan fingerprint density at radius 2 is 1.75 bits per heavy atom. The third-order valence-electron chi connectivity index (χ3n) is 3.27. The summed E-state index contributed by atoms with van der Waals surface area (Å²) in [5.41, 5.74) is 1.86. The summed E-state index contributed by atoms with van der Waals surface area (Å²) in [6, 6.07) is 9.49. The molecule has 0 aliphatic carbocycles. The van der Waals surface area contributed by atoms with Gasteiger partial charge >= 0.3 is 0 Å². The average Bonchev–Trinajstić information content (AvgIpc) is 2.48. The molecule has 1 atom stereocenters. The third kappa shape index (κ3) is 2.75. The van der Waals surface area contributed by atoms with Gasteiger partial charge in [-0.2, -0.15) is 0 Å². The van der Waals surface area contributed by atoms with E-state index in [0.29, 0.717) is 22.6 Å². The molecule has 2 rings (SSSR count). The molecule has 0 radical (unpaired) electrons. The lowest BCUT2D eigenvalue weighted by molar-refractivity contribution is 0.213. The first kappa shape index (κ1) is 14.3. The van der Waals surface area contributed by atoms with Crippen molar-refractivity contribution in [3.05, 3.63) is 58.9 Å². The predicted octanol–water partition coefficient (Wildman–Crippen LogP) is 3.23. The predicted molar refractivity (Wildman–Crippen MR) is 74.7 cm³/mol. The summed E-state index contributed by atoms with van der Waals surface area (Å²) < 4.78 is 23.8. The molecule has 1 N–H and O–H groups in total. The number of hydrogen-bond donors (Lipinski definition) is 1. The third-order valence-corrected chi connectivity index (χ3v) is 3.27. The molecule has 2 aromatic rings. The van der Waals surface area contributed by atoms with Crippen molar-refractivity contribution in [1.29, 1.82) is 0 Å². The SMILES string of the molecule is COc1ccc(OC)c(C(O)c2cc(F)ccc2C)c1. The van der Waals surface area contributed by atoms with Crippen LogP contribution >= 0.6 is 0 Å². The van der Waals surface area contributed by atoms with Crippen LogP contribution in [0.15, 0.2) is 36.4 Å². The Morgan fingerprint density at radius 1 is 1.00 bits per heavy atom. The minimum atomic E-state index is -0.976. The molecule has 0 aliphatic rings. The number of aliphatic hydroxyl groups is 1. The minimum absolute atomic E-state index is 0.383. The smallest absolute Gasteiger partial charge is 0.125 e. The first-order chi connectivity index (χ1) is 9.56. The van der Waals surface area contributed by atoms with Crippen molar-refractivity contribution in [1.82, 2.24) is 0 Å². The largest absolute Gasteiger partial charge is 0.497 e. The van der Waals surface area contributed by atoms with E-state index in [4.69, 9.17) is 9.47 Å². The number of hydrogen-bond acceptors (Lipinski definition) is 3. The number of halogens is 1. The average molecular weight is 276 g/mol. The first-order valence-corrected chi connectivity index (χ1v) is 6.23. The minimum Gasteiger partial charge on any atom is -0.497 e. The van der Waals surface area contributed by atoms with E-state index in [-0.39, 0.29) is 5.82 Å². The fourth-order valence-electron chi connectivity index (χ4n) is 2.13. The molecule has 20 heavy (non-hydrogen) atoms. The van der Waals surface area contributed by atoms with E-state index >= 15 is 0 Å². The first-order valence-electron chi connectivity index (χ1n) is 6.23. The van der Waals surface area contributed by atoms with Gasteiger partial charge in [0.1, 0.15) is 23.4 Å². The summed E-state index contributed by atoms with van der Waals surface area (Å²) in [5, 5.41) is 10.5. The van der Waals surface area contributed by atoms with Crippen molar-refractivity contribution in [2.45, 2.75) is 13.0 Å². The quantitative estimate of drug-likeness (QED) is 0.931. The summed E-state index contributed by atoms with van der Waals surface area (Å²) in [6.45, 7) is 1.82. The van der Waals surface area contributed by atoms with Crippen molar-refractivity contribution in [2.75, 3.05) is 14.2 Å². The molecule has 0 aliphatic heterocycles. The van der Waals surface area contributed by atoms with Crippen LogP contribution in [0.5, 0.6) is 11.5 Å². The highest BCUT2D eigenvalue weighted by atomic mass is 19.1. The second kappa shape index (κ2) is 5.92. The lowest BCUT2D eigenvalue weighted by Crippen LogP contribution is -2.05. The molecule has 4 heteroatoms. The van der Waals surface area contributed by atoms with Crippen molar-refractivity contribution in [3.63, 3.8) is 0 Å². The van der Waals surface area contributed by atoms with Crippen molar-refractivity contribution in [3.8, 4) is 11.5 Å². The van der Waals surface area contributed by atoms with Crippen LogP contribution in [0, 0.1) is 12.7 Å². The van der Waals surface area contributed by atoms with Crippen molar-refractivity contribution < 1.29 is 19.0 Å². The second-order valence-electron chi connectivity index (χ2n) is 4.51. The Bertz CT molecular complexity index is 611. The summed E-state index contributed by atoms with van der Waals surface area (Å²) >= 11 is 0. The number of benzene rings is 2. The normalized spacial score (nSPS) is 12.1. The van der Waals surface area contributed by atoms with E-state index in [1.807, 2.05) is 6.92 Å². The van der Waals surface area contributed by atoms with Crippen LogP contribution in [0.4, 0.5) is 4.39 Å². The van der Waals surface area contributed by atoms with Gasteiger partial charge in [0, 0.05) is 5.56 Å². The van der Waals surface area contributed by atoms with Gasteiger partial charge in [-0.05, 0) is 48.4 Å². The van der Waals surface area contributed by atoms with E-state index in [9.17, 15) is 9.50 Å². The Labute approximate surface area is 117 Å². The molecule has 0 saturated carbocycles. The van der Waals surface area contributed by atoms with Crippen LogP contribution in [0.3, 0.4) is 0 Å². The number of ether oxygens (including phenoxy) is 2. The second-order valence-corrected chi connectivity index (χ2v) is 4.51. The van der Waals surface area contributed by atoms with Crippen LogP contribution in [0.1, 0.15) is 22.8 Å². The van der Waals surface area contributed by atoms with Gasteiger partial charge in [-0.3, -0.25) is 0 Å². The van der Waals surface area contributed by atoms with Crippen LogP contribution in [-0.2, 0) is 0 Å². The highest BCUT2D eigenvalue weighted by molar-refractivity contribution is 5.46. The monoisotopic (exact) mass is 276 g/mol. The fourth-order valence-corrected chi connectivity index (χ4v) is 2.13. The van der Waals surface area contributed by atoms with Crippen LogP contribution in [0.2, 0.25) is 0 Å². The molecular weight excluding hydrogens is 259 g/mol. The molecule has 0 saturated heterocycles. The molecule has 0 bridgehead atoms. The van der Waals surface area contributed by atoms with Crippen molar-refractivity contribution in [2.24, 2.45) is 0 Å². The highest BCUT2D eigenvalue weighted by Crippen LogP contribution is 2.34. The molecule has 2 aromatic carbocycles. The summed E-state index contributed by atoms with van der Waals surface area (Å²) in [7, 11) is 3.07. The maximum absolute atomic E-state index is 13.4. The number of rotatable bonds is 4. The molecule has 0 spiro atoms. The van der Waals surface area contributed by atoms with E-state index in [0.717, 1.165) is 5.56 Å². The summed E-state index contributed by atoms with van der Waals surface area (Å²) in [4.78, 5) is 0.